The summed E-state index contributed by atoms with van der Waals surface area (Å²) in [4.78, 5) is 90.1. The first-order valence-electron chi connectivity index (χ1n) is 23.3. The number of aromatic nitrogens is 1. The molecule has 9 rings (SSSR count). The molecule has 5 aromatic rings. The fraction of sp³-hybridized carbons (Fsp3) is 0.365. The van der Waals surface area contributed by atoms with E-state index in [1.54, 1.807) is 23.6 Å². The summed E-state index contributed by atoms with van der Waals surface area (Å²) in [7, 11) is 0. The van der Waals surface area contributed by atoms with Gasteiger partial charge in [-0.15, -0.1) is 11.3 Å². The van der Waals surface area contributed by atoms with Gasteiger partial charge in [0.1, 0.15) is 23.7 Å². The average Bonchev–Trinajstić information content (AvgIpc) is 4.03. The number of ether oxygens (including phenoxy) is 1. The molecule has 4 N–H and O–H groups in total. The number of carbonyl (C=O) groups excluding carboxylic acids is 6. The number of phenolic OH excluding ortho intramolecular Hbond substituents is 1. The molecular formula is C52H55FN8O8S. The number of thiazole rings is 1. The number of piperazine rings is 1. The number of hydrogen-bond donors (Lipinski definition) is 4. The van der Waals surface area contributed by atoms with Crippen LogP contribution in [0.4, 0.5) is 20.9 Å². The van der Waals surface area contributed by atoms with Gasteiger partial charge in [-0.25, -0.2) is 9.37 Å². The summed E-state index contributed by atoms with van der Waals surface area (Å²) < 4.78 is 20.8. The molecule has 0 spiro atoms. The topological polar surface area (TPSA) is 194 Å². The van der Waals surface area contributed by atoms with Gasteiger partial charge in [0.05, 0.1) is 24.3 Å². The highest BCUT2D eigenvalue weighted by atomic mass is 32.1. The number of piperidine rings is 1. The lowest BCUT2D eigenvalue weighted by Crippen LogP contribution is -2.54. The number of nitrogens with zero attached hydrogens (tertiary/aromatic N) is 5. The van der Waals surface area contributed by atoms with E-state index in [2.05, 4.69) is 70.6 Å². The predicted octanol–water partition coefficient (Wildman–Crippen LogP) is 6.69. The fourth-order valence-electron chi connectivity index (χ4n) is 9.70. The predicted molar refractivity (Wildman–Crippen MR) is 262 cm³/mol. The highest BCUT2D eigenvalue weighted by molar-refractivity contribution is 7.13. The van der Waals surface area contributed by atoms with E-state index in [0.29, 0.717) is 41.7 Å². The maximum absolute atomic E-state index is 14.5. The van der Waals surface area contributed by atoms with Crippen LogP contribution in [-0.2, 0) is 25.7 Å². The Balaban J connectivity index is 0.753. The lowest BCUT2D eigenvalue weighted by Gasteiger charge is -2.40. The molecule has 4 aliphatic heterocycles. The van der Waals surface area contributed by atoms with E-state index >= 15 is 0 Å². The first-order valence-corrected chi connectivity index (χ1v) is 24.2. The van der Waals surface area contributed by atoms with Crippen LogP contribution < -0.4 is 20.9 Å². The number of carbonyl (C=O) groups is 6. The molecule has 2 fully saturated rings. The van der Waals surface area contributed by atoms with E-state index in [0.717, 1.165) is 66.6 Å². The molecule has 4 aliphatic rings. The Morgan fingerprint density at radius 3 is 2.36 bits per heavy atom. The Kier molecular flexibility index (Phi) is 13.3. The molecular weight excluding hydrogens is 916 g/mol. The minimum atomic E-state index is -1.31. The fourth-order valence-corrected chi connectivity index (χ4v) is 10.2. The summed E-state index contributed by atoms with van der Waals surface area (Å²) in [6, 6.07) is 19.9. The van der Waals surface area contributed by atoms with Gasteiger partial charge in [-0.05, 0) is 71.6 Å². The molecule has 18 heteroatoms. The van der Waals surface area contributed by atoms with Gasteiger partial charge in [0, 0.05) is 97.1 Å². The number of benzene rings is 4. The lowest BCUT2D eigenvalue weighted by molar-refractivity contribution is -0.136. The van der Waals surface area contributed by atoms with Crippen LogP contribution in [0.5, 0.6) is 5.75 Å². The van der Waals surface area contributed by atoms with Crippen molar-refractivity contribution in [2.75, 3.05) is 68.0 Å². The van der Waals surface area contributed by atoms with Crippen molar-refractivity contribution in [3.8, 4) is 16.9 Å². The van der Waals surface area contributed by atoms with Gasteiger partial charge in [0.15, 0.2) is 5.13 Å². The molecule has 4 aromatic carbocycles. The van der Waals surface area contributed by atoms with Crippen LogP contribution in [-0.4, -0.2) is 119 Å². The minimum absolute atomic E-state index is 0.0226. The van der Waals surface area contributed by atoms with Gasteiger partial charge in [0.25, 0.3) is 23.6 Å². The van der Waals surface area contributed by atoms with E-state index in [1.807, 2.05) is 30.3 Å². The van der Waals surface area contributed by atoms with Crippen molar-refractivity contribution < 1.29 is 43.0 Å². The number of anilines is 3. The smallest absolute Gasteiger partial charge is 0.264 e. The van der Waals surface area contributed by atoms with E-state index in [-0.39, 0.29) is 52.7 Å². The normalized spacial score (nSPS) is 18.0. The SMILES string of the molecule is CC(C)(CNc1cccc2c1C(=O)N(C1CCC(=O)NC1=O)C2=O)COCC(C)(C)CN1CCN(c2ccc(-c3ccc4c(c3)C(=O)N(C(C(=O)Nc3nccs3)c3cc(F)ccc3O)C4)cc2)CC1. The molecule has 2 saturated heterocycles. The molecule has 2 atom stereocenters. The van der Waals surface area contributed by atoms with E-state index in [1.165, 1.54) is 28.5 Å². The van der Waals surface area contributed by atoms with Crippen molar-refractivity contribution in [2.24, 2.45) is 10.8 Å². The number of aromatic hydroxyl groups is 1. The zero-order chi connectivity index (χ0) is 49.5. The summed E-state index contributed by atoms with van der Waals surface area (Å²) >= 11 is 1.20. The second kappa shape index (κ2) is 19.4. The molecule has 6 amide bonds. The highest BCUT2D eigenvalue weighted by Crippen LogP contribution is 2.39. The molecule has 0 bridgehead atoms. The van der Waals surface area contributed by atoms with Gasteiger partial charge in [-0.1, -0.05) is 58.0 Å². The molecule has 1 aromatic heterocycles. The summed E-state index contributed by atoms with van der Waals surface area (Å²) in [5.41, 5.74) is 4.47. The van der Waals surface area contributed by atoms with E-state index < -0.39 is 53.3 Å². The molecule has 70 heavy (non-hydrogen) atoms. The van der Waals surface area contributed by atoms with Crippen molar-refractivity contribution in [1.82, 2.24) is 25.0 Å². The lowest BCUT2D eigenvalue weighted by atomic mass is 9.92. The number of nitrogens with one attached hydrogen (secondary N) is 3. The molecule has 0 saturated carbocycles. The average molecular weight is 971 g/mol. The van der Waals surface area contributed by atoms with Gasteiger partial charge in [-0.3, -0.25) is 49.2 Å². The van der Waals surface area contributed by atoms with E-state index in [9.17, 15) is 38.3 Å². The van der Waals surface area contributed by atoms with Crippen molar-refractivity contribution >= 4 is 63.3 Å². The maximum atomic E-state index is 14.5. The second-order valence-corrected chi connectivity index (χ2v) is 20.8. The van der Waals surface area contributed by atoms with Crippen LogP contribution in [0.25, 0.3) is 11.1 Å². The largest absolute Gasteiger partial charge is 0.508 e. The standard InChI is InChI=1S/C52H55FN8O8S/c1-51(2,27-55-39-7-5-6-36-43(39)49(68)61(48(36)67)40-15-17-42(63)56-45(40)64)29-69-30-52(3,4)28-58-19-21-59(22-20-58)35-13-10-31(11-14-35)32-8-9-33-26-60(47(66)37(33)24-32)44(38-25-34(53)12-16-41(38)62)46(65)57-50-54-18-23-70-50/h5-14,16,18,23-25,40,44,55,62H,15,17,19-22,26-30H2,1-4H3,(H,54,57,65)(H,56,63,64). The highest BCUT2D eigenvalue weighted by Gasteiger charge is 2.46. The van der Waals surface area contributed by atoms with Crippen LogP contribution in [0, 0.1) is 16.6 Å². The van der Waals surface area contributed by atoms with Crippen molar-refractivity contribution in [3.05, 3.63) is 124 Å². The number of halogens is 1. The Bertz CT molecular complexity index is 2860. The summed E-state index contributed by atoms with van der Waals surface area (Å²) in [5.74, 6) is -4.13. The quantitative estimate of drug-likeness (QED) is 0.0767. The van der Waals surface area contributed by atoms with Crippen LogP contribution in [0.15, 0.2) is 90.4 Å². The van der Waals surface area contributed by atoms with Gasteiger partial charge >= 0.3 is 0 Å². The first-order chi connectivity index (χ1) is 33.4. The third kappa shape index (κ3) is 10.0. The van der Waals surface area contributed by atoms with Gasteiger partial charge in [0.2, 0.25) is 11.8 Å². The number of rotatable bonds is 16. The first kappa shape index (κ1) is 48.0. The molecule has 2 unspecified atom stereocenters. The van der Waals surface area contributed by atoms with Gasteiger partial charge in [-0.2, -0.15) is 0 Å². The van der Waals surface area contributed by atoms with Crippen molar-refractivity contribution in [1.29, 1.82) is 0 Å². The Hall–Kier alpha value is -7.02. The minimum Gasteiger partial charge on any atom is -0.508 e. The van der Waals surface area contributed by atoms with Crippen LogP contribution in [0.3, 0.4) is 0 Å². The summed E-state index contributed by atoms with van der Waals surface area (Å²) in [6.07, 6.45) is 1.69. The summed E-state index contributed by atoms with van der Waals surface area (Å²) in [6.45, 7) is 14.4. The van der Waals surface area contributed by atoms with Crippen molar-refractivity contribution in [3.63, 3.8) is 0 Å². The van der Waals surface area contributed by atoms with Crippen molar-refractivity contribution in [2.45, 2.75) is 59.2 Å². The maximum Gasteiger partial charge on any atom is 0.264 e. The summed E-state index contributed by atoms with van der Waals surface area (Å²) in [5, 5.41) is 21.1. The Morgan fingerprint density at radius 2 is 1.63 bits per heavy atom. The second-order valence-electron chi connectivity index (χ2n) is 19.9. The molecule has 16 nitrogen and oxygen atoms in total. The number of fused-ring (bicyclic) bond motifs is 2. The number of phenols is 1. The Morgan fingerprint density at radius 1 is 0.886 bits per heavy atom. The molecule has 0 radical (unpaired) electrons. The molecule has 0 aliphatic carbocycles. The van der Waals surface area contributed by atoms with Gasteiger partial charge < -0.3 is 25.0 Å². The monoisotopic (exact) mass is 970 g/mol. The van der Waals surface area contributed by atoms with Crippen LogP contribution >= 0.6 is 11.3 Å². The third-order valence-corrected chi connectivity index (χ3v) is 13.9. The zero-order valence-electron chi connectivity index (χ0n) is 39.4. The molecule has 364 valence electrons. The Labute approximate surface area is 408 Å². The van der Waals surface area contributed by atoms with Crippen LogP contribution in [0.1, 0.15) is 88.8 Å². The number of hydrogen-bond acceptors (Lipinski definition) is 13. The van der Waals surface area contributed by atoms with Crippen LogP contribution in [0.2, 0.25) is 0 Å². The third-order valence-electron chi connectivity index (χ3n) is 13.2. The zero-order valence-corrected chi connectivity index (χ0v) is 40.2. The number of imide groups is 2. The number of amides is 6. The molecule has 5 heterocycles. The van der Waals surface area contributed by atoms with E-state index in [4.69, 9.17) is 4.74 Å².